The number of carbonyl (C=O) groups is 1. The zero-order chi connectivity index (χ0) is 15.5. The molecule has 1 saturated carbocycles. The summed E-state index contributed by atoms with van der Waals surface area (Å²) in [6.45, 7) is 2.70. The molecule has 1 aliphatic carbocycles. The van der Waals surface area contributed by atoms with E-state index in [1.807, 2.05) is 0 Å². The summed E-state index contributed by atoms with van der Waals surface area (Å²) in [4.78, 5) is 10.8. The standard InChI is InChI=1S/C16H22FNO3/c1-11-4-6-16(10-19,7-5-11)18-9-12-2-3-13(15(20)21)14(17)8-12/h2-3,8,11,18-19H,4-7,9-10H2,1H3,(H,20,21). The number of hydrogen-bond donors (Lipinski definition) is 3. The Hall–Kier alpha value is -1.46. The van der Waals surface area contributed by atoms with Crippen LogP contribution in [-0.2, 0) is 6.54 Å². The predicted octanol–water partition coefficient (Wildman–Crippen LogP) is 2.55. The summed E-state index contributed by atoms with van der Waals surface area (Å²) < 4.78 is 13.6. The number of carboxylic acid groups (broad SMARTS) is 1. The zero-order valence-corrected chi connectivity index (χ0v) is 12.2. The maximum absolute atomic E-state index is 13.6. The summed E-state index contributed by atoms with van der Waals surface area (Å²) in [6, 6.07) is 4.13. The van der Waals surface area contributed by atoms with Crippen LogP contribution in [0, 0.1) is 11.7 Å². The lowest BCUT2D eigenvalue weighted by atomic mass is 9.77. The maximum Gasteiger partial charge on any atom is 0.338 e. The van der Waals surface area contributed by atoms with E-state index in [9.17, 15) is 14.3 Å². The van der Waals surface area contributed by atoms with Crippen molar-refractivity contribution in [3.8, 4) is 0 Å². The number of rotatable bonds is 5. The molecule has 116 valence electrons. The highest BCUT2D eigenvalue weighted by Crippen LogP contribution is 2.31. The second kappa shape index (κ2) is 6.54. The Bertz CT molecular complexity index is 510. The van der Waals surface area contributed by atoms with Gasteiger partial charge in [-0.25, -0.2) is 9.18 Å². The van der Waals surface area contributed by atoms with Crippen molar-refractivity contribution in [3.05, 3.63) is 35.1 Å². The molecule has 5 heteroatoms. The lowest BCUT2D eigenvalue weighted by molar-refractivity contribution is 0.0692. The van der Waals surface area contributed by atoms with Crippen molar-refractivity contribution in [3.63, 3.8) is 0 Å². The van der Waals surface area contributed by atoms with Crippen molar-refractivity contribution in [2.24, 2.45) is 5.92 Å². The normalized spacial score (nSPS) is 25.8. The van der Waals surface area contributed by atoms with Gasteiger partial charge in [-0.3, -0.25) is 0 Å². The highest BCUT2D eigenvalue weighted by atomic mass is 19.1. The topological polar surface area (TPSA) is 69.6 Å². The number of nitrogens with one attached hydrogen (secondary N) is 1. The van der Waals surface area contributed by atoms with Crippen molar-refractivity contribution in [1.82, 2.24) is 5.32 Å². The predicted molar refractivity (Wildman–Crippen MR) is 77.6 cm³/mol. The van der Waals surface area contributed by atoms with Crippen LogP contribution in [0.25, 0.3) is 0 Å². The fraction of sp³-hybridized carbons (Fsp3) is 0.562. The van der Waals surface area contributed by atoms with E-state index in [-0.39, 0.29) is 17.7 Å². The quantitative estimate of drug-likeness (QED) is 0.781. The first-order chi connectivity index (χ1) is 9.96. The number of halogens is 1. The third-order valence-electron chi connectivity index (χ3n) is 4.47. The molecular formula is C16H22FNO3. The molecule has 0 heterocycles. The van der Waals surface area contributed by atoms with E-state index in [1.54, 1.807) is 6.07 Å². The van der Waals surface area contributed by atoms with E-state index in [4.69, 9.17) is 5.11 Å². The molecule has 0 bridgehead atoms. The average Bonchev–Trinajstić information content (AvgIpc) is 2.47. The van der Waals surface area contributed by atoms with Gasteiger partial charge < -0.3 is 15.5 Å². The molecule has 2 rings (SSSR count). The van der Waals surface area contributed by atoms with Crippen molar-refractivity contribution in [2.45, 2.75) is 44.7 Å². The van der Waals surface area contributed by atoms with Crippen LogP contribution in [0.2, 0.25) is 0 Å². The van der Waals surface area contributed by atoms with Crippen LogP contribution in [0.4, 0.5) is 4.39 Å². The van der Waals surface area contributed by atoms with E-state index in [2.05, 4.69) is 12.2 Å². The van der Waals surface area contributed by atoms with E-state index < -0.39 is 11.8 Å². The Morgan fingerprint density at radius 2 is 2.10 bits per heavy atom. The summed E-state index contributed by atoms with van der Waals surface area (Å²) in [5.41, 5.74) is 0.0696. The van der Waals surface area contributed by atoms with Crippen LogP contribution in [0.5, 0.6) is 0 Å². The number of aromatic carboxylic acids is 1. The minimum absolute atomic E-state index is 0.0649. The fourth-order valence-corrected chi connectivity index (χ4v) is 2.84. The van der Waals surface area contributed by atoms with Crippen LogP contribution in [0.1, 0.15) is 48.5 Å². The summed E-state index contributed by atoms with van der Waals surface area (Å²) >= 11 is 0. The van der Waals surface area contributed by atoms with E-state index in [0.717, 1.165) is 25.7 Å². The maximum atomic E-state index is 13.6. The van der Waals surface area contributed by atoms with E-state index >= 15 is 0 Å². The van der Waals surface area contributed by atoms with Gasteiger partial charge in [-0.05, 0) is 49.3 Å². The molecule has 3 N–H and O–H groups in total. The summed E-state index contributed by atoms with van der Waals surface area (Å²) in [6.07, 6.45) is 3.94. The highest BCUT2D eigenvalue weighted by Gasteiger charge is 2.32. The Kier molecular flexibility index (Phi) is 4.96. The average molecular weight is 295 g/mol. The van der Waals surface area contributed by atoms with Gasteiger partial charge >= 0.3 is 5.97 Å². The molecule has 0 saturated heterocycles. The zero-order valence-electron chi connectivity index (χ0n) is 12.2. The van der Waals surface area contributed by atoms with Gasteiger partial charge in [0, 0.05) is 12.1 Å². The van der Waals surface area contributed by atoms with Crippen LogP contribution >= 0.6 is 0 Å². The SMILES string of the molecule is CC1CCC(CO)(NCc2ccc(C(=O)O)c(F)c2)CC1. The number of benzene rings is 1. The highest BCUT2D eigenvalue weighted by molar-refractivity contribution is 5.87. The first-order valence-electron chi connectivity index (χ1n) is 7.33. The second-order valence-electron chi connectivity index (χ2n) is 6.09. The van der Waals surface area contributed by atoms with Gasteiger partial charge in [0.15, 0.2) is 0 Å². The smallest absolute Gasteiger partial charge is 0.338 e. The lowest BCUT2D eigenvalue weighted by Crippen LogP contribution is -2.50. The third-order valence-corrected chi connectivity index (χ3v) is 4.47. The van der Waals surface area contributed by atoms with Crippen molar-refractivity contribution < 1.29 is 19.4 Å². The van der Waals surface area contributed by atoms with Gasteiger partial charge in [-0.15, -0.1) is 0 Å². The minimum Gasteiger partial charge on any atom is -0.478 e. The van der Waals surface area contributed by atoms with Crippen molar-refractivity contribution in [2.75, 3.05) is 6.61 Å². The minimum atomic E-state index is -1.26. The Morgan fingerprint density at radius 1 is 1.43 bits per heavy atom. The van der Waals surface area contributed by atoms with Crippen LogP contribution in [0.15, 0.2) is 18.2 Å². The first-order valence-corrected chi connectivity index (χ1v) is 7.33. The molecule has 0 aromatic heterocycles. The van der Waals surface area contributed by atoms with Gasteiger partial charge in [0.05, 0.1) is 12.2 Å². The van der Waals surface area contributed by atoms with Crippen molar-refractivity contribution in [1.29, 1.82) is 0 Å². The van der Waals surface area contributed by atoms with Gasteiger partial charge in [0.2, 0.25) is 0 Å². The Morgan fingerprint density at radius 3 is 2.62 bits per heavy atom. The molecular weight excluding hydrogens is 273 g/mol. The molecule has 0 radical (unpaired) electrons. The monoisotopic (exact) mass is 295 g/mol. The number of aliphatic hydroxyl groups is 1. The molecule has 0 unspecified atom stereocenters. The molecule has 4 nitrogen and oxygen atoms in total. The van der Waals surface area contributed by atoms with E-state index in [1.165, 1.54) is 12.1 Å². The molecule has 1 aromatic rings. The Balaban J connectivity index is 2.01. The fourth-order valence-electron chi connectivity index (χ4n) is 2.84. The third kappa shape index (κ3) is 3.80. The van der Waals surface area contributed by atoms with Crippen LogP contribution in [0.3, 0.4) is 0 Å². The molecule has 1 aliphatic rings. The lowest BCUT2D eigenvalue weighted by Gasteiger charge is -2.39. The summed E-state index contributed by atoms with van der Waals surface area (Å²) in [7, 11) is 0. The number of carboxylic acids is 1. The van der Waals surface area contributed by atoms with Crippen LogP contribution in [-0.4, -0.2) is 28.3 Å². The van der Waals surface area contributed by atoms with E-state index in [0.29, 0.717) is 18.0 Å². The molecule has 0 atom stereocenters. The summed E-state index contributed by atoms with van der Waals surface area (Å²) in [5, 5.41) is 21.8. The van der Waals surface area contributed by atoms with Gasteiger partial charge in [-0.1, -0.05) is 13.0 Å². The van der Waals surface area contributed by atoms with Gasteiger partial charge in [-0.2, -0.15) is 0 Å². The molecule has 1 fully saturated rings. The van der Waals surface area contributed by atoms with Gasteiger partial charge in [0.25, 0.3) is 0 Å². The molecule has 0 aliphatic heterocycles. The molecule has 0 spiro atoms. The molecule has 0 amide bonds. The molecule has 1 aromatic carbocycles. The second-order valence-corrected chi connectivity index (χ2v) is 6.09. The first kappa shape index (κ1) is 15.9. The largest absolute Gasteiger partial charge is 0.478 e. The number of aliphatic hydroxyl groups excluding tert-OH is 1. The summed E-state index contributed by atoms with van der Waals surface area (Å²) in [5.74, 6) is -1.31. The van der Waals surface area contributed by atoms with Crippen LogP contribution < -0.4 is 5.32 Å². The molecule has 21 heavy (non-hydrogen) atoms. The van der Waals surface area contributed by atoms with Gasteiger partial charge in [0.1, 0.15) is 5.82 Å². The Labute approximate surface area is 124 Å². The number of hydrogen-bond acceptors (Lipinski definition) is 3. The van der Waals surface area contributed by atoms with Crippen molar-refractivity contribution >= 4 is 5.97 Å².